The van der Waals surface area contributed by atoms with Gasteiger partial charge in [-0.25, -0.2) is 14.4 Å². The first-order valence-corrected chi connectivity index (χ1v) is 7.00. The first-order chi connectivity index (χ1) is 9.81. The molecule has 2 heterocycles. The van der Waals surface area contributed by atoms with Gasteiger partial charge in [-0.05, 0) is 25.0 Å². The van der Waals surface area contributed by atoms with Crippen molar-refractivity contribution in [2.24, 2.45) is 0 Å². The summed E-state index contributed by atoms with van der Waals surface area (Å²) in [7, 11) is 0. The lowest BCUT2D eigenvalue weighted by Crippen LogP contribution is -2.16. The van der Waals surface area contributed by atoms with Crippen LogP contribution in [0.3, 0.4) is 0 Å². The first-order valence-electron chi connectivity index (χ1n) is 7.00. The number of benzene rings is 1. The number of hydrogen-bond acceptors (Lipinski definition) is 3. The molecule has 0 bridgehead atoms. The average molecular weight is 270 g/mol. The molecule has 0 amide bonds. The molecule has 2 aromatic heterocycles. The van der Waals surface area contributed by atoms with E-state index in [1.807, 2.05) is 10.6 Å². The van der Waals surface area contributed by atoms with Crippen LogP contribution in [-0.2, 0) is 0 Å². The Morgan fingerprint density at radius 1 is 1.25 bits per heavy atom. The summed E-state index contributed by atoms with van der Waals surface area (Å²) < 4.78 is 15.3. The molecule has 0 unspecified atom stereocenters. The Labute approximate surface area is 115 Å². The Bertz CT molecular complexity index is 774. The zero-order valence-electron chi connectivity index (χ0n) is 11.0. The summed E-state index contributed by atoms with van der Waals surface area (Å²) in [6.45, 7) is 0. The van der Waals surface area contributed by atoms with Crippen molar-refractivity contribution in [3.05, 3.63) is 36.4 Å². The summed E-state index contributed by atoms with van der Waals surface area (Å²) >= 11 is 0. The van der Waals surface area contributed by atoms with Gasteiger partial charge in [0.15, 0.2) is 11.5 Å². The highest BCUT2D eigenvalue weighted by atomic mass is 19.1. The van der Waals surface area contributed by atoms with Crippen molar-refractivity contribution in [3.8, 4) is 0 Å². The normalized spacial score (nSPS) is 16.2. The van der Waals surface area contributed by atoms with E-state index in [4.69, 9.17) is 0 Å². The molecule has 3 aromatic rings. The molecule has 0 aliphatic heterocycles. The van der Waals surface area contributed by atoms with Crippen molar-refractivity contribution in [1.29, 1.82) is 0 Å². The zero-order chi connectivity index (χ0) is 13.5. The Balaban J connectivity index is 1.90. The number of fused-ring (bicyclic) bond motifs is 3. The lowest BCUT2D eigenvalue weighted by molar-refractivity contribution is 0.629. The van der Waals surface area contributed by atoms with Gasteiger partial charge in [0.1, 0.15) is 5.82 Å². The van der Waals surface area contributed by atoms with E-state index in [1.165, 1.54) is 37.8 Å². The molecule has 1 aromatic carbocycles. The van der Waals surface area contributed by atoms with E-state index in [2.05, 4.69) is 15.3 Å². The fraction of sp³-hybridized carbons (Fsp3) is 0.333. The van der Waals surface area contributed by atoms with E-state index in [0.29, 0.717) is 6.04 Å². The predicted molar refractivity (Wildman–Crippen MR) is 76.3 cm³/mol. The first kappa shape index (κ1) is 11.6. The molecule has 1 saturated carbocycles. The number of aromatic nitrogens is 3. The maximum absolute atomic E-state index is 13.4. The van der Waals surface area contributed by atoms with Gasteiger partial charge in [-0.1, -0.05) is 12.8 Å². The Morgan fingerprint density at radius 3 is 2.95 bits per heavy atom. The number of imidazole rings is 1. The second-order valence-corrected chi connectivity index (χ2v) is 5.34. The van der Waals surface area contributed by atoms with Gasteiger partial charge in [-0.3, -0.25) is 4.40 Å². The monoisotopic (exact) mass is 270 g/mol. The van der Waals surface area contributed by atoms with Gasteiger partial charge in [-0.15, -0.1) is 0 Å². The van der Waals surface area contributed by atoms with E-state index in [9.17, 15) is 4.39 Å². The minimum Gasteiger partial charge on any atom is -0.364 e. The summed E-state index contributed by atoms with van der Waals surface area (Å²) in [5.41, 5.74) is 2.28. The van der Waals surface area contributed by atoms with Gasteiger partial charge in [0.05, 0.1) is 11.0 Å². The molecular weight excluding hydrogens is 255 g/mol. The van der Waals surface area contributed by atoms with Crippen molar-refractivity contribution >= 4 is 22.5 Å². The SMILES string of the molecule is Fc1ccc2nc(NC3CCCC3)c3nccn3c2c1. The van der Waals surface area contributed by atoms with Crippen LogP contribution in [0.2, 0.25) is 0 Å². The minimum absolute atomic E-state index is 0.259. The summed E-state index contributed by atoms with van der Waals surface area (Å²) in [5.74, 6) is 0.534. The van der Waals surface area contributed by atoms with Crippen molar-refractivity contribution < 1.29 is 4.39 Å². The standard InChI is InChI=1S/C15H15FN4/c16-10-5-6-12-13(9-10)20-8-7-17-15(20)14(19-12)18-11-3-1-2-4-11/h5-9,11H,1-4H2,(H,18,19). The van der Waals surface area contributed by atoms with E-state index in [0.717, 1.165) is 22.5 Å². The lowest BCUT2D eigenvalue weighted by Gasteiger charge is -2.14. The highest BCUT2D eigenvalue weighted by Gasteiger charge is 2.18. The lowest BCUT2D eigenvalue weighted by atomic mass is 10.2. The molecule has 102 valence electrons. The van der Waals surface area contributed by atoms with Gasteiger partial charge in [0.2, 0.25) is 0 Å². The van der Waals surface area contributed by atoms with E-state index in [-0.39, 0.29) is 5.82 Å². The molecule has 0 saturated heterocycles. The molecule has 5 heteroatoms. The molecule has 1 N–H and O–H groups in total. The van der Waals surface area contributed by atoms with Crippen molar-refractivity contribution in [3.63, 3.8) is 0 Å². The van der Waals surface area contributed by atoms with Crippen LogP contribution in [0, 0.1) is 5.82 Å². The smallest absolute Gasteiger partial charge is 0.180 e. The van der Waals surface area contributed by atoms with Crippen LogP contribution in [0.5, 0.6) is 0 Å². The number of anilines is 1. The maximum Gasteiger partial charge on any atom is 0.180 e. The van der Waals surface area contributed by atoms with E-state index in [1.54, 1.807) is 12.3 Å². The van der Waals surface area contributed by atoms with Crippen LogP contribution < -0.4 is 5.32 Å². The Kier molecular flexibility index (Phi) is 2.58. The zero-order valence-corrected chi connectivity index (χ0v) is 11.0. The fourth-order valence-corrected chi connectivity index (χ4v) is 2.99. The van der Waals surface area contributed by atoms with Crippen LogP contribution in [0.4, 0.5) is 10.2 Å². The summed E-state index contributed by atoms with van der Waals surface area (Å²) in [5, 5.41) is 3.49. The van der Waals surface area contributed by atoms with Gasteiger partial charge in [-0.2, -0.15) is 0 Å². The van der Waals surface area contributed by atoms with Crippen LogP contribution in [0.25, 0.3) is 16.7 Å². The second-order valence-electron chi connectivity index (χ2n) is 5.34. The van der Waals surface area contributed by atoms with Gasteiger partial charge in [0, 0.05) is 24.5 Å². The molecule has 0 atom stereocenters. The number of rotatable bonds is 2. The number of halogens is 1. The molecule has 1 aliphatic rings. The van der Waals surface area contributed by atoms with E-state index < -0.39 is 0 Å². The van der Waals surface area contributed by atoms with Crippen LogP contribution >= 0.6 is 0 Å². The molecule has 1 fully saturated rings. The molecule has 0 radical (unpaired) electrons. The highest BCUT2D eigenvalue weighted by Crippen LogP contribution is 2.26. The number of hydrogen-bond donors (Lipinski definition) is 1. The average Bonchev–Trinajstić information content (AvgIpc) is 3.10. The molecule has 1 aliphatic carbocycles. The van der Waals surface area contributed by atoms with Gasteiger partial charge in [0.25, 0.3) is 0 Å². The van der Waals surface area contributed by atoms with Crippen molar-refractivity contribution in [1.82, 2.24) is 14.4 Å². The van der Waals surface area contributed by atoms with Crippen molar-refractivity contribution in [2.45, 2.75) is 31.7 Å². The van der Waals surface area contributed by atoms with Gasteiger partial charge < -0.3 is 5.32 Å². The summed E-state index contributed by atoms with van der Waals surface area (Å²) in [6.07, 6.45) is 8.45. The predicted octanol–water partition coefficient (Wildman–Crippen LogP) is 3.38. The quantitative estimate of drug-likeness (QED) is 0.776. The molecule has 4 nitrogen and oxygen atoms in total. The van der Waals surface area contributed by atoms with Crippen LogP contribution in [0.1, 0.15) is 25.7 Å². The van der Waals surface area contributed by atoms with Gasteiger partial charge >= 0.3 is 0 Å². The molecular formula is C15H15FN4. The third-order valence-corrected chi connectivity index (χ3v) is 3.98. The summed E-state index contributed by atoms with van der Waals surface area (Å²) in [4.78, 5) is 8.98. The maximum atomic E-state index is 13.4. The van der Waals surface area contributed by atoms with Crippen LogP contribution in [-0.4, -0.2) is 20.4 Å². The molecule has 20 heavy (non-hydrogen) atoms. The Hall–Kier alpha value is -2.17. The fourth-order valence-electron chi connectivity index (χ4n) is 2.99. The van der Waals surface area contributed by atoms with Crippen molar-refractivity contribution in [2.75, 3.05) is 5.32 Å². The second kappa shape index (κ2) is 4.44. The number of nitrogens with one attached hydrogen (secondary N) is 1. The topological polar surface area (TPSA) is 42.2 Å². The highest BCUT2D eigenvalue weighted by molar-refractivity contribution is 5.82. The minimum atomic E-state index is -0.259. The van der Waals surface area contributed by atoms with Crippen LogP contribution in [0.15, 0.2) is 30.6 Å². The summed E-state index contributed by atoms with van der Waals surface area (Å²) in [6, 6.07) is 5.12. The Morgan fingerprint density at radius 2 is 2.10 bits per heavy atom. The molecule has 4 rings (SSSR count). The largest absolute Gasteiger partial charge is 0.364 e. The third kappa shape index (κ3) is 1.81. The van der Waals surface area contributed by atoms with E-state index >= 15 is 0 Å². The number of nitrogens with zero attached hydrogens (tertiary/aromatic N) is 3. The molecule has 0 spiro atoms. The third-order valence-electron chi connectivity index (χ3n) is 3.98.